The van der Waals surface area contributed by atoms with Crippen molar-refractivity contribution in [3.8, 4) is 0 Å². The van der Waals surface area contributed by atoms with Crippen molar-refractivity contribution < 1.29 is 22.8 Å². The predicted octanol–water partition coefficient (Wildman–Crippen LogP) is 1.06. The van der Waals surface area contributed by atoms with Crippen molar-refractivity contribution in [1.82, 2.24) is 0 Å². The van der Waals surface area contributed by atoms with E-state index in [1.807, 2.05) is 0 Å². The Morgan fingerprint density at radius 1 is 1.06 bits per heavy atom. The topological polar surface area (TPSA) is 86.2 Å². The van der Waals surface area contributed by atoms with E-state index in [9.17, 15) is 22.8 Å². The second-order valence-electron chi connectivity index (χ2n) is 3.40. The Balaban J connectivity index is 3.18. The van der Waals surface area contributed by atoms with E-state index in [0.717, 1.165) is 30.3 Å². The van der Waals surface area contributed by atoms with Gasteiger partial charge in [-0.2, -0.15) is 13.2 Å². The van der Waals surface area contributed by atoms with Gasteiger partial charge in [0.2, 0.25) is 11.8 Å². The fourth-order valence-electron chi connectivity index (χ4n) is 1.28. The van der Waals surface area contributed by atoms with Crippen molar-refractivity contribution in [3.63, 3.8) is 0 Å². The molecule has 0 fully saturated rings. The molecule has 18 heavy (non-hydrogen) atoms. The monoisotopic (exact) mass is 258 g/mol. The molecule has 0 aliphatic heterocycles. The molecule has 1 aromatic carbocycles. The van der Waals surface area contributed by atoms with Gasteiger partial charge in [-0.05, 0) is 17.7 Å². The zero-order valence-electron chi connectivity index (χ0n) is 8.99. The number of rotatable bonds is 3. The number of carbonyl (C=O) groups is 2. The van der Waals surface area contributed by atoms with Crippen molar-refractivity contribution in [1.29, 1.82) is 0 Å². The van der Waals surface area contributed by atoms with Crippen molar-refractivity contribution in [2.45, 2.75) is 6.18 Å². The average molecular weight is 258 g/mol. The van der Waals surface area contributed by atoms with Gasteiger partial charge in [-0.3, -0.25) is 9.59 Å². The molecule has 0 heterocycles. The van der Waals surface area contributed by atoms with Crippen LogP contribution in [-0.2, 0) is 15.8 Å². The van der Waals surface area contributed by atoms with E-state index in [0.29, 0.717) is 0 Å². The first-order valence-electron chi connectivity index (χ1n) is 4.70. The first kappa shape index (κ1) is 13.8. The molecule has 7 heteroatoms. The van der Waals surface area contributed by atoms with Gasteiger partial charge in [0, 0.05) is 6.08 Å². The molecule has 0 atom stereocenters. The average Bonchev–Trinajstić information content (AvgIpc) is 2.24. The molecule has 0 unspecified atom stereocenters. The molecule has 0 saturated heterocycles. The molecule has 0 aliphatic rings. The van der Waals surface area contributed by atoms with Gasteiger partial charge in [0.15, 0.2) is 0 Å². The van der Waals surface area contributed by atoms with Gasteiger partial charge >= 0.3 is 6.18 Å². The smallest absolute Gasteiger partial charge is 0.366 e. The quantitative estimate of drug-likeness (QED) is 0.794. The van der Waals surface area contributed by atoms with E-state index < -0.39 is 23.6 Å². The number of benzene rings is 1. The maximum atomic E-state index is 12.3. The van der Waals surface area contributed by atoms with Gasteiger partial charge in [0.25, 0.3) is 0 Å². The summed E-state index contributed by atoms with van der Waals surface area (Å²) in [5, 5.41) is 0. The second kappa shape index (κ2) is 4.91. The Morgan fingerprint density at radius 3 is 1.89 bits per heavy atom. The zero-order valence-corrected chi connectivity index (χ0v) is 8.99. The molecular weight excluding hydrogens is 249 g/mol. The minimum atomic E-state index is -4.47. The minimum absolute atomic E-state index is 0.0919. The highest BCUT2D eigenvalue weighted by molar-refractivity contribution is 6.22. The van der Waals surface area contributed by atoms with E-state index in [1.165, 1.54) is 0 Å². The Labute approximate surface area is 100 Å². The molecule has 1 aromatic rings. The van der Waals surface area contributed by atoms with Crippen LogP contribution in [0.2, 0.25) is 0 Å². The number of alkyl halides is 3. The van der Waals surface area contributed by atoms with Crippen LogP contribution in [0.1, 0.15) is 11.1 Å². The van der Waals surface area contributed by atoms with Crippen LogP contribution in [0.5, 0.6) is 0 Å². The Morgan fingerprint density at radius 2 is 1.56 bits per heavy atom. The molecule has 1 rings (SSSR count). The second-order valence-corrected chi connectivity index (χ2v) is 3.40. The number of nitrogens with two attached hydrogens (primary N) is 2. The summed E-state index contributed by atoms with van der Waals surface area (Å²) in [5.41, 5.74) is 8.85. The van der Waals surface area contributed by atoms with Crippen LogP contribution in [0.25, 0.3) is 5.57 Å². The van der Waals surface area contributed by atoms with Crippen LogP contribution in [0.15, 0.2) is 30.3 Å². The number of amides is 2. The summed E-state index contributed by atoms with van der Waals surface area (Å²) in [6.07, 6.45) is -3.70. The molecular formula is C11H9F3N2O2. The van der Waals surface area contributed by atoms with Crippen molar-refractivity contribution in [3.05, 3.63) is 41.5 Å². The highest BCUT2D eigenvalue weighted by atomic mass is 19.4. The lowest BCUT2D eigenvalue weighted by Gasteiger charge is -2.08. The van der Waals surface area contributed by atoms with Crippen molar-refractivity contribution in [2.75, 3.05) is 0 Å². The Bertz CT molecular complexity index is 504. The standard InChI is InChI=1S/C11H9F3N2O2/c12-11(13,14)7-3-1-6(2-4-7)8(10(16)18)5-9(15)17/h1-5H,(H2,15,17)(H2,16,18). The lowest BCUT2D eigenvalue weighted by Crippen LogP contribution is -2.17. The summed E-state index contributed by atoms with van der Waals surface area (Å²) < 4.78 is 36.9. The van der Waals surface area contributed by atoms with E-state index in [2.05, 4.69) is 0 Å². The molecule has 0 aromatic heterocycles. The van der Waals surface area contributed by atoms with Crippen molar-refractivity contribution in [2.24, 2.45) is 11.5 Å². The van der Waals surface area contributed by atoms with Crippen LogP contribution in [0.4, 0.5) is 13.2 Å². The van der Waals surface area contributed by atoms with Crippen LogP contribution in [0, 0.1) is 0 Å². The van der Waals surface area contributed by atoms with Crippen molar-refractivity contribution >= 4 is 17.4 Å². The zero-order chi connectivity index (χ0) is 13.9. The highest BCUT2D eigenvalue weighted by Gasteiger charge is 2.30. The van der Waals surface area contributed by atoms with Gasteiger partial charge in [-0.1, -0.05) is 12.1 Å². The van der Waals surface area contributed by atoms with Crippen LogP contribution >= 0.6 is 0 Å². The SMILES string of the molecule is NC(=O)C=C(C(N)=O)c1ccc(C(F)(F)F)cc1. The summed E-state index contributed by atoms with van der Waals surface area (Å²) in [7, 11) is 0. The third kappa shape index (κ3) is 3.34. The third-order valence-electron chi connectivity index (χ3n) is 2.08. The molecule has 0 radical (unpaired) electrons. The largest absolute Gasteiger partial charge is 0.416 e. The third-order valence-corrected chi connectivity index (χ3v) is 2.08. The fraction of sp³-hybridized carbons (Fsp3) is 0.0909. The van der Waals surface area contributed by atoms with E-state index in [1.54, 1.807) is 0 Å². The maximum absolute atomic E-state index is 12.3. The van der Waals surface area contributed by atoms with Crippen LogP contribution in [0.3, 0.4) is 0 Å². The summed E-state index contributed by atoms with van der Waals surface area (Å²) in [4.78, 5) is 21.7. The molecule has 96 valence electrons. The summed E-state index contributed by atoms with van der Waals surface area (Å²) in [5.74, 6) is -1.86. The first-order chi connectivity index (χ1) is 8.21. The van der Waals surface area contributed by atoms with Crippen LogP contribution in [-0.4, -0.2) is 11.8 Å². The molecule has 0 bridgehead atoms. The summed E-state index contributed by atoms with van der Waals surface area (Å²) >= 11 is 0. The van der Waals surface area contributed by atoms with Gasteiger partial charge in [0.1, 0.15) is 0 Å². The highest BCUT2D eigenvalue weighted by Crippen LogP contribution is 2.29. The minimum Gasteiger partial charge on any atom is -0.366 e. The molecule has 0 aliphatic carbocycles. The van der Waals surface area contributed by atoms with Crippen LogP contribution < -0.4 is 11.5 Å². The van der Waals surface area contributed by atoms with Gasteiger partial charge < -0.3 is 11.5 Å². The first-order valence-corrected chi connectivity index (χ1v) is 4.70. The number of halogens is 3. The number of primary amides is 2. The van der Waals surface area contributed by atoms with Gasteiger partial charge in [-0.15, -0.1) is 0 Å². The summed E-state index contributed by atoms with van der Waals surface area (Å²) in [6, 6.07) is 3.66. The van der Waals surface area contributed by atoms with E-state index >= 15 is 0 Å². The molecule has 0 saturated carbocycles. The Kier molecular flexibility index (Phi) is 3.75. The summed E-state index contributed by atoms with van der Waals surface area (Å²) in [6.45, 7) is 0. The lowest BCUT2D eigenvalue weighted by molar-refractivity contribution is -0.137. The maximum Gasteiger partial charge on any atom is 0.416 e. The molecule has 4 nitrogen and oxygen atoms in total. The lowest BCUT2D eigenvalue weighted by atomic mass is 10.0. The van der Waals surface area contributed by atoms with E-state index in [-0.39, 0.29) is 11.1 Å². The molecule has 0 spiro atoms. The number of hydrogen-bond donors (Lipinski definition) is 2. The molecule has 2 amide bonds. The van der Waals surface area contributed by atoms with E-state index in [4.69, 9.17) is 11.5 Å². The normalized spacial score (nSPS) is 12.3. The number of hydrogen-bond acceptors (Lipinski definition) is 2. The van der Waals surface area contributed by atoms with Gasteiger partial charge in [-0.25, -0.2) is 0 Å². The fourth-order valence-corrected chi connectivity index (χ4v) is 1.28. The molecule has 4 N–H and O–H groups in total. The number of carbonyl (C=O) groups excluding carboxylic acids is 2. The van der Waals surface area contributed by atoms with Gasteiger partial charge in [0.05, 0.1) is 11.1 Å². The Hall–Kier alpha value is -2.31. The predicted molar refractivity (Wildman–Crippen MR) is 57.8 cm³/mol.